The number of piperidine rings is 1. The van der Waals surface area contributed by atoms with Crippen LogP contribution in [0.2, 0.25) is 0 Å². The highest BCUT2D eigenvalue weighted by molar-refractivity contribution is 8.04. The highest BCUT2D eigenvalue weighted by Crippen LogP contribution is 2.40. The van der Waals surface area contributed by atoms with Crippen molar-refractivity contribution in [1.82, 2.24) is 4.90 Å². The van der Waals surface area contributed by atoms with Crippen molar-refractivity contribution in [3.05, 3.63) is 52.4 Å². The van der Waals surface area contributed by atoms with E-state index in [-0.39, 0.29) is 17.3 Å². The number of thioether (sulfide) groups is 1. The fraction of sp³-hybridized carbons (Fsp3) is 0.421. The van der Waals surface area contributed by atoms with E-state index in [1.165, 1.54) is 18.7 Å². The van der Waals surface area contributed by atoms with Crippen molar-refractivity contribution in [2.24, 2.45) is 4.99 Å². The van der Waals surface area contributed by atoms with Crippen LogP contribution in [0.3, 0.4) is 0 Å². The van der Waals surface area contributed by atoms with Crippen LogP contribution in [0.25, 0.3) is 0 Å². The molecule has 0 bridgehead atoms. The molecule has 0 radical (unpaired) electrons. The van der Waals surface area contributed by atoms with Crippen LogP contribution in [0.4, 0.5) is 0 Å². The SMILES string of the molecule is CC(=O)C1=C(/N=c2\c#ccccc2)SC(C(=O)N2CCCCC2)C1O. The summed E-state index contributed by atoms with van der Waals surface area (Å²) in [5.74, 6) is -0.382. The lowest BCUT2D eigenvalue weighted by molar-refractivity contribution is -0.132. The number of rotatable bonds is 3. The Morgan fingerprint density at radius 2 is 2.04 bits per heavy atom. The number of amides is 1. The van der Waals surface area contributed by atoms with Crippen LogP contribution in [0.1, 0.15) is 26.2 Å². The average molecular weight is 356 g/mol. The number of hydrogen-bond acceptors (Lipinski definition) is 5. The Bertz CT molecular complexity index is 747. The molecule has 1 amide bonds. The molecule has 1 saturated heterocycles. The first kappa shape index (κ1) is 17.7. The van der Waals surface area contributed by atoms with Crippen LogP contribution in [0.5, 0.6) is 0 Å². The Morgan fingerprint density at radius 3 is 2.76 bits per heavy atom. The zero-order valence-corrected chi connectivity index (χ0v) is 14.9. The fourth-order valence-corrected chi connectivity index (χ4v) is 4.33. The third-order valence-corrected chi connectivity index (χ3v) is 5.56. The van der Waals surface area contributed by atoms with Gasteiger partial charge in [0.15, 0.2) is 5.78 Å². The molecule has 0 aliphatic carbocycles. The Labute approximate surface area is 151 Å². The van der Waals surface area contributed by atoms with Gasteiger partial charge in [-0.05, 0) is 44.4 Å². The van der Waals surface area contributed by atoms with E-state index in [0.29, 0.717) is 23.5 Å². The van der Waals surface area contributed by atoms with E-state index >= 15 is 0 Å². The number of hydrogen-bond donors (Lipinski definition) is 1. The monoisotopic (exact) mass is 356 g/mol. The van der Waals surface area contributed by atoms with Gasteiger partial charge in [0.25, 0.3) is 0 Å². The Balaban J connectivity index is 1.90. The van der Waals surface area contributed by atoms with Crippen LogP contribution < -0.4 is 5.36 Å². The topological polar surface area (TPSA) is 70.0 Å². The molecule has 1 fully saturated rings. The van der Waals surface area contributed by atoms with Crippen molar-refractivity contribution in [2.75, 3.05) is 13.1 Å². The summed E-state index contributed by atoms with van der Waals surface area (Å²) in [7, 11) is 0. The maximum atomic E-state index is 12.8. The number of aliphatic hydroxyl groups is 1. The largest absolute Gasteiger partial charge is 0.386 e. The second-order valence-corrected chi connectivity index (χ2v) is 7.26. The summed E-state index contributed by atoms with van der Waals surface area (Å²) < 4.78 is 0. The Morgan fingerprint density at radius 1 is 1.28 bits per heavy atom. The summed E-state index contributed by atoms with van der Waals surface area (Å²) in [6, 6.07) is 12.8. The second-order valence-electron chi connectivity index (χ2n) is 6.13. The van der Waals surface area contributed by atoms with Gasteiger partial charge in [0.1, 0.15) is 21.7 Å². The van der Waals surface area contributed by atoms with Crippen LogP contribution in [-0.4, -0.2) is 46.1 Å². The molecule has 5 nitrogen and oxygen atoms in total. The summed E-state index contributed by atoms with van der Waals surface area (Å²) in [5.41, 5.74) is 0.209. The van der Waals surface area contributed by atoms with Crippen molar-refractivity contribution >= 4 is 23.5 Å². The molecule has 25 heavy (non-hydrogen) atoms. The number of ketones is 1. The zero-order chi connectivity index (χ0) is 17.8. The van der Waals surface area contributed by atoms with Gasteiger partial charge in [0, 0.05) is 13.1 Å². The lowest BCUT2D eigenvalue weighted by atomic mass is 10.0. The minimum atomic E-state index is -1.13. The Kier molecular flexibility index (Phi) is 5.57. The molecule has 2 atom stereocenters. The van der Waals surface area contributed by atoms with E-state index < -0.39 is 11.4 Å². The third-order valence-electron chi connectivity index (χ3n) is 4.31. The third kappa shape index (κ3) is 3.94. The van der Waals surface area contributed by atoms with Crippen LogP contribution in [0.15, 0.2) is 39.9 Å². The van der Waals surface area contributed by atoms with E-state index in [0.717, 1.165) is 19.3 Å². The minimum absolute atomic E-state index is 0.115. The quantitative estimate of drug-likeness (QED) is 0.891. The molecule has 1 aromatic carbocycles. The maximum absolute atomic E-state index is 12.8. The predicted octanol–water partition coefficient (Wildman–Crippen LogP) is 1.48. The van der Waals surface area contributed by atoms with E-state index in [2.05, 4.69) is 17.1 Å². The molecule has 6 heteroatoms. The van der Waals surface area contributed by atoms with E-state index in [4.69, 9.17) is 0 Å². The highest BCUT2D eigenvalue weighted by Gasteiger charge is 2.42. The smallest absolute Gasteiger partial charge is 0.239 e. The molecule has 3 rings (SSSR count). The van der Waals surface area contributed by atoms with Gasteiger partial charge in [-0.3, -0.25) is 9.59 Å². The minimum Gasteiger partial charge on any atom is -0.386 e. The summed E-state index contributed by atoms with van der Waals surface area (Å²) >= 11 is 1.17. The molecule has 2 heterocycles. The summed E-state index contributed by atoms with van der Waals surface area (Å²) in [5, 5.41) is 10.8. The predicted molar refractivity (Wildman–Crippen MR) is 95.2 cm³/mol. The van der Waals surface area contributed by atoms with Gasteiger partial charge >= 0.3 is 0 Å². The summed E-state index contributed by atoms with van der Waals surface area (Å²) in [6.07, 6.45) is 1.96. The molecule has 1 aromatic rings. The number of Topliss-reactive ketones (excluding diaryl/α,β-unsaturated/α-hetero) is 1. The van der Waals surface area contributed by atoms with Gasteiger partial charge in [0.2, 0.25) is 5.91 Å². The van der Waals surface area contributed by atoms with E-state index in [9.17, 15) is 14.7 Å². The van der Waals surface area contributed by atoms with Gasteiger partial charge < -0.3 is 10.0 Å². The van der Waals surface area contributed by atoms with Crippen LogP contribution in [0, 0.1) is 12.1 Å². The first-order valence-electron chi connectivity index (χ1n) is 8.40. The number of likely N-dealkylation sites (tertiary alicyclic amines) is 1. The van der Waals surface area contributed by atoms with Crippen LogP contribution >= 0.6 is 11.8 Å². The van der Waals surface area contributed by atoms with Crippen molar-refractivity contribution in [2.45, 2.75) is 37.5 Å². The molecule has 2 aliphatic rings. The fourth-order valence-electron chi connectivity index (χ4n) is 3.03. The maximum Gasteiger partial charge on any atom is 0.239 e. The second kappa shape index (κ2) is 7.85. The van der Waals surface area contributed by atoms with Gasteiger partial charge in [0.05, 0.1) is 5.57 Å². The zero-order valence-electron chi connectivity index (χ0n) is 14.1. The molecular formula is C19H20N2O3S. The number of nitrogens with zero attached hydrogens (tertiary/aromatic N) is 2. The molecule has 2 aliphatic heterocycles. The summed E-state index contributed by atoms with van der Waals surface area (Å²) in [4.78, 5) is 31.0. The van der Waals surface area contributed by atoms with Crippen molar-refractivity contribution in [1.29, 1.82) is 0 Å². The van der Waals surface area contributed by atoms with Crippen molar-refractivity contribution in [3.63, 3.8) is 0 Å². The van der Waals surface area contributed by atoms with Gasteiger partial charge in [-0.15, -0.1) is 0 Å². The van der Waals surface area contributed by atoms with Crippen LogP contribution in [-0.2, 0) is 9.59 Å². The standard InChI is InChI=1S/C19H20N2O3S/c1-13(22)15-16(23)17(19(24)21-11-7-4-8-12-21)25-18(15)20-14-9-5-2-3-6-10-14/h2-3,5,9,16-17,23H,4,7-8,11-12H2,1H3/b20-14-. The highest BCUT2D eigenvalue weighted by atomic mass is 32.2. The van der Waals surface area contributed by atoms with E-state index in [1.807, 2.05) is 0 Å². The number of carbonyl (C=O) groups is 2. The number of carbonyl (C=O) groups excluding carboxylic acids is 2. The molecule has 0 saturated carbocycles. The van der Waals surface area contributed by atoms with Gasteiger partial charge in [-0.25, -0.2) is 4.99 Å². The van der Waals surface area contributed by atoms with Gasteiger partial charge in [-0.1, -0.05) is 30.0 Å². The molecular weight excluding hydrogens is 336 g/mol. The van der Waals surface area contributed by atoms with E-state index in [1.54, 1.807) is 29.2 Å². The number of aliphatic hydroxyl groups excluding tert-OH is 1. The lowest BCUT2D eigenvalue weighted by Crippen LogP contribution is -2.44. The first-order valence-corrected chi connectivity index (χ1v) is 9.28. The van der Waals surface area contributed by atoms with Crippen molar-refractivity contribution < 1.29 is 14.7 Å². The van der Waals surface area contributed by atoms with Gasteiger partial charge in [-0.2, -0.15) is 0 Å². The first-order chi connectivity index (χ1) is 12.1. The Hall–Kier alpha value is -2.10. The molecule has 130 valence electrons. The lowest BCUT2D eigenvalue weighted by Gasteiger charge is -2.29. The normalized spacial score (nSPS) is 24.2. The molecule has 2 unspecified atom stereocenters. The van der Waals surface area contributed by atoms with Crippen molar-refractivity contribution in [3.8, 4) is 0 Å². The molecule has 0 spiro atoms. The molecule has 1 N–H and O–H groups in total. The summed E-state index contributed by atoms with van der Waals surface area (Å²) in [6.45, 7) is 2.81. The average Bonchev–Trinajstić information content (AvgIpc) is 2.76. The molecule has 0 aromatic heterocycles.